The second-order valence-corrected chi connectivity index (χ2v) is 4.23. The molecule has 1 aliphatic rings. The monoisotopic (exact) mass is 196 g/mol. The van der Waals surface area contributed by atoms with Gasteiger partial charge in [0.15, 0.2) is 5.13 Å². The summed E-state index contributed by atoms with van der Waals surface area (Å²) < 4.78 is 4.99. The zero-order valence-corrected chi connectivity index (χ0v) is 8.36. The number of hydrogen-bond acceptors (Lipinski definition) is 4. The van der Waals surface area contributed by atoms with Gasteiger partial charge in [0.2, 0.25) is 0 Å². The Labute approximate surface area is 81.2 Å². The second-order valence-electron chi connectivity index (χ2n) is 3.11. The van der Waals surface area contributed by atoms with E-state index in [4.69, 9.17) is 10.5 Å². The molecule has 0 aromatic carbocycles. The van der Waals surface area contributed by atoms with Gasteiger partial charge in [0.05, 0.1) is 19.1 Å². The van der Waals surface area contributed by atoms with Crippen LogP contribution in [0.3, 0.4) is 0 Å². The Morgan fingerprint density at radius 1 is 1.54 bits per heavy atom. The highest BCUT2D eigenvalue weighted by molar-refractivity contribution is 7.15. The molecule has 13 heavy (non-hydrogen) atoms. The average Bonchev–Trinajstić information content (AvgIpc) is 2.44. The van der Waals surface area contributed by atoms with E-state index in [1.807, 2.05) is 6.26 Å². The van der Waals surface area contributed by atoms with Crippen LogP contribution in [0.5, 0.6) is 0 Å². The smallest absolute Gasteiger partial charge is 0.180 e. The third kappa shape index (κ3) is 1.67. The first-order valence-corrected chi connectivity index (χ1v) is 5.06. The molecular weight excluding hydrogens is 184 g/mol. The molecule has 4 heteroatoms. The van der Waals surface area contributed by atoms with Crippen LogP contribution in [0.4, 0.5) is 5.13 Å². The van der Waals surface area contributed by atoms with Gasteiger partial charge in [0.25, 0.3) is 0 Å². The number of aryl methyl sites for hydroxylation is 1. The fourth-order valence-electron chi connectivity index (χ4n) is 1.58. The molecule has 1 aliphatic carbocycles. The number of allylic oxidation sites excluding steroid dienone is 1. The molecule has 3 nitrogen and oxygen atoms in total. The molecule has 0 spiro atoms. The van der Waals surface area contributed by atoms with Gasteiger partial charge in [-0.15, -0.1) is 11.3 Å². The minimum Gasteiger partial charge on any atom is -0.504 e. The first kappa shape index (κ1) is 8.56. The fourth-order valence-corrected chi connectivity index (χ4v) is 2.51. The molecule has 1 aromatic heterocycles. The highest BCUT2D eigenvalue weighted by atomic mass is 32.1. The summed E-state index contributed by atoms with van der Waals surface area (Å²) in [6, 6.07) is 0. The Kier molecular flexibility index (Phi) is 2.22. The van der Waals surface area contributed by atoms with E-state index in [9.17, 15) is 0 Å². The summed E-state index contributed by atoms with van der Waals surface area (Å²) >= 11 is 1.59. The molecule has 2 N–H and O–H groups in total. The summed E-state index contributed by atoms with van der Waals surface area (Å²) in [6.07, 6.45) is 4.83. The molecule has 0 bridgehead atoms. The number of nitrogens with zero attached hydrogens (tertiary/aromatic N) is 1. The van der Waals surface area contributed by atoms with Crippen molar-refractivity contribution in [2.75, 3.05) is 12.8 Å². The van der Waals surface area contributed by atoms with Crippen molar-refractivity contribution in [2.24, 2.45) is 0 Å². The number of thiazole rings is 1. The zero-order valence-electron chi connectivity index (χ0n) is 7.54. The van der Waals surface area contributed by atoms with Crippen LogP contribution in [0.2, 0.25) is 0 Å². The van der Waals surface area contributed by atoms with Crippen LogP contribution in [-0.2, 0) is 17.6 Å². The van der Waals surface area contributed by atoms with Crippen molar-refractivity contribution in [1.29, 1.82) is 0 Å². The third-order valence-corrected chi connectivity index (χ3v) is 3.08. The van der Waals surface area contributed by atoms with Crippen LogP contribution in [0.1, 0.15) is 17.0 Å². The molecule has 0 aliphatic heterocycles. The van der Waals surface area contributed by atoms with Gasteiger partial charge in [-0.25, -0.2) is 4.98 Å². The van der Waals surface area contributed by atoms with Gasteiger partial charge in [-0.3, -0.25) is 0 Å². The van der Waals surface area contributed by atoms with Crippen molar-refractivity contribution < 1.29 is 4.74 Å². The molecule has 0 amide bonds. The van der Waals surface area contributed by atoms with Gasteiger partial charge >= 0.3 is 0 Å². The highest BCUT2D eigenvalue weighted by Crippen LogP contribution is 2.30. The lowest BCUT2D eigenvalue weighted by molar-refractivity contribution is 0.331. The molecule has 0 saturated carbocycles. The average molecular weight is 196 g/mol. The lowest BCUT2D eigenvalue weighted by Gasteiger charge is -2.12. The third-order valence-electron chi connectivity index (χ3n) is 2.15. The van der Waals surface area contributed by atoms with Crippen molar-refractivity contribution in [3.63, 3.8) is 0 Å². The Hall–Kier alpha value is -1.03. The van der Waals surface area contributed by atoms with Crippen molar-refractivity contribution in [2.45, 2.75) is 19.3 Å². The summed E-state index contributed by atoms with van der Waals surface area (Å²) in [5.41, 5.74) is 8.14. The van der Waals surface area contributed by atoms with Crippen LogP contribution in [0.15, 0.2) is 11.8 Å². The van der Waals surface area contributed by atoms with E-state index in [0.717, 1.165) is 19.3 Å². The van der Waals surface area contributed by atoms with E-state index >= 15 is 0 Å². The first-order chi connectivity index (χ1) is 6.29. The molecule has 0 fully saturated rings. The van der Waals surface area contributed by atoms with E-state index in [-0.39, 0.29) is 0 Å². The first-order valence-electron chi connectivity index (χ1n) is 4.24. The van der Waals surface area contributed by atoms with Crippen LogP contribution in [-0.4, -0.2) is 12.1 Å². The van der Waals surface area contributed by atoms with Crippen molar-refractivity contribution >= 4 is 16.5 Å². The number of fused-ring (bicyclic) bond motifs is 1. The van der Waals surface area contributed by atoms with Crippen LogP contribution >= 0.6 is 11.3 Å². The minimum absolute atomic E-state index is 0.684. The molecule has 0 atom stereocenters. The van der Waals surface area contributed by atoms with Gasteiger partial charge in [0.1, 0.15) is 0 Å². The van der Waals surface area contributed by atoms with E-state index < -0.39 is 0 Å². The van der Waals surface area contributed by atoms with Gasteiger partial charge in [-0.1, -0.05) is 0 Å². The number of nitrogens with two attached hydrogens (primary N) is 1. The standard InChI is InChI=1S/C9H12N2OS/c1-12-5-6-2-3-7-8(4-6)13-9(10)11-7/h5H,2-4H2,1H3,(H2,10,11)/b6-5+. The van der Waals surface area contributed by atoms with Gasteiger partial charge in [-0.05, 0) is 18.4 Å². The number of nitrogen functional groups attached to an aromatic ring is 1. The molecule has 2 rings (SSSR count). The molecule has 1 aromatic rings. The lowest BCUT2D eigenvalue weighted by Crippen LogP contribution is -2.03. The second kappa shape index (κ2) is 3.38. The van der Waals surface area contributed by atoms with E-state index in [2.05, 4.69) is 4.98 Å². The van der Waals surface area contributed by atoms with Crippen LogP contribution in [0.25, 0.3) is 0 Å². The number of methoxy groups -OCH3 is 1. The topological polar surface area (TPSA) is 48.1 Å². The summed E-state index contributed by atoms with van der Waals surface area (Å²) in [7, 11) is 1.68. The van der Waals surface area contributed by atoms with Gasteiger partial charge in [0, 0.05) is 11.3 Å². The number of ether oxygens (including phenoxy) is 1. The summed E-state index contributed by atoms with van der Waals surface area (Å²) in [4.78, 5) is 5.57. The summed E-state index contributed by atoms with van der Waals surface area (Å²) in [5, 5.41) is 0.684. The van der Waals surface area contributed by atoms with E-state index in [1.54, 1.807) is 18.4 Å². The van der Waals surface area contributed by atoms with Crippen molar-refractivity contribution in [3.8, 4) is 0 Å². The fraction of sp³-hybridized carbons (Fsp3) is 0.444. The Balaban J connectivity index is 2.24. The molecular formula is C9H12N2OS. The maximum Gasteiger partial charge on any atom is 0.180 e. The maximum absolute atomic E-state index is 5.63. The zero-order chi connectivity index (χ0) is 9.26. The highest BCUT2D eigenvalue weighted by Gasteiger charge is 2.17. The van der Waals surface area contributed by atoms with Crippen LogP contribution < -0.4 is 5.73 Å². The molecule has 0 radical (unpaired) electrons. The Morgan fingerprint density at radius 2 is 2.38 bits per heavy atom. The Bertz CT molecular complexity index is 343. The summed E-state index contributed by atoms with van der Waals surface area (Å²) in [6.45, 7) is 0. The number of hydrogen-bond donors (Lipinski definition) is 1. The van der Waals surface area contributed by atoms with E-state index in [0.29, 0.717) is 5.13 Å². The number of rotatable bonds is 1. The van der Waals surface area contributed by atoms with E-state index in [1.165, 1.54) is 16.1 Å². The van der Waals surface area contributed by atoms with Crippen molar-refractivity contribution in [3.05, 3.63) is 22.4 Å². The van der Waals surface area contributed by atoms with Gasteiger partial charge in [-0.2, -0.15) is 0 Å². The van der Waals surface area contributed by atoms with Crippen molar-refractivity contribution in [1.82, 2.24) is 4.98 Å². The largest absolute Gasteiger partial charge is 0.504 e. The molecule has 0 saturated heterocycles. The predicted molar refractivity (Wildman–Crippen MR) is 53.6 cm³/mol. The van der Waals surface area contributed by atoms with Crippen LogP contribution in [0, 0.1) is 0 Å². The quantitative estimate of drug-likeness (QED) is 0.696. The number of anilines is 1. The molecule has 70 valence electrons. The SMILES string of the molecule is CO/C=C1\CCc2nc(N)sc2C1. The normalized spacial score (nSPS) is 18.7. The minimum atomic E-state index is 0.684. The maximum atomic E-state index is 5.63. The predicted octanol–water partition coefficient (Wildman–Crippen LogP) is 1.74. The Morgan fingerprint density at radius 3 is 3.15 bits per heavy atom. The number of aromatic nitrogens is 1. The summed E-state index contributed by atoms with van der Waals surface area (Å²) in [5.74, 6) is 0. The van der Waals surface area contributed by atoms with Gasteiger partial charge < -0.3 is 10.5 Å². The molecule has 1 heterocycles. The lowest BCUT2D eigenvalue weighted by atomic mass is 9.98. The molecule has 0 unspecified atom stereocenters.